The van der Waals surface area contributed by atoms with Crippen LogP contribution in [0.2, 0.25) is 5.02 Å². The van der Waals surface area contributed by atoms with Gasteiger partial charge in [0.1, 0.15) is 5.78 Å². The Morgan fingerprint density at radius 1 is 1.62 bits per heavy atom. The summed E-state index contributed by atoms with van der Waals surface area (Å²) in [5.74, 6) is 0.429. The SMILES string of the molecule is O=C(Cc1ccncc1Cl)C1CCCNC1. The van der Waals surface area contributed by atoms with Crippen molar-refractivity contribution >= 4 is 17.4 Å². The lowest BCUT2D eigenvalue weighted by molar-refractivity contribution is -0.122. The van der Waals surface area contributed by atoms with E-state index in [9.17, 15) is 4.79 Å². The second-order valence-corrected chi connectivity index (χ2v) is 4.56. The van der Waals surface area contributed by atoms with E-state index in [1.165, 1.54) is 0 Å². The van der Waals surface area contributed by atoms with E-state index in [1.807, 2.05) is 6.07 Å². The summed E-state index contributed by atoms with van der Waals surface area (Å²) in [6, 6.07) is 1.82. The minimum absolute atomic E-state index is 0.151. The highest BCUT2D eigenvalue weighted by Crippen LogP contribution is 2.18. The first-order chi connectivity index (χ1) is 7.77. The Hall–Kier alpha value is -0.930. The molecule has 0 spiro atoms. The number of piperidine rings is 1. The number of ketones is 1. The number of aromatic nitrogens is 1. The summed E-state index contributed by atoms with van der Waals surface area (Å²) in [5, 5.41) is 3.83. The Morgan fingerprint density at radius 2 is 2.50 bits per heavy atom. The fourth-order valence-corrected chi connectivity index (χ4v) is 2.19. The highest BCUT2D eigenvalue weighted by molar-refractivity contribution is 6.31. The molecule has 3 nitrogen and oxygen atoms in total. The van der Waals surface area contributed by atoms with Crippen LogP contribution < -0.4 is 5.32 Å². The molecule has 1 aliphatic rings. The first-order valence-electron chi connectivity index (χ1n) is 5.59. The number of nitrogens with one attached hydrogen (secondary N) is 1. The average Bonchev–Trinajstić information content (AvgIpc) is 2.33. The van der Waals surface area contributed by atoms with Crippen molar-refractivity contribution in [2.45, 2.75) is 19.3 Å². The van der Waals surface area contributed by atoms with E-state index in [1.54, 1.807) is 12.4 Å². The van der Waals surface area contributed by atoms with Gasteiger partial charge < -0.3 is 5.32 Å². The quantitative estimate of drug-likeness (QED) is 0.874. The van der Waals surface area contributed by atoms with Crippen LogP contribution in [-0.4, -0.2) is 23.9 Å². The molecule has 1 N–H and O–H groups in total. The number of pyridine rings is 1. The van der Waals surface area contributed by atoms with Crippen LogP contribution in [0.4, 0.5) is 0 Å². The third-order valence-corrected chi connectivity index (χ3v) is 3.31. The van der Waals surface area contributed by atoms with Crippen molar-refractivity contribution < 1.29 is 4.79 Å². The van der Waals surface area contributed by atoms with Crippen LogP contribution in [0.3, 0.4) is 0 Å². The molecule has 2 heterocycles. The van der Waals surface area contributed by atoms with Crippen LogP contribution >= 0.6 is 11.6 Å². The molecular weight excluding hydrogens is 224 g/mol. The normalized spacial score (nSPS) is 20.7. The number of hydrogen-bond acceptors (Lipinski definition) is 3. The molecule has 0 amide bonds. The molecule has 1 unspecified atom stereocenters. The number of rotatable bonds is 3. The van der Waals surface area contributed by atoms with Crippen LogP contribution in [-0.2, 0) is 11.2 Å². The molecule has 1 atom stereocenters. The summed E-state index contributed by atoms with van der Waals surface area (Å²) in [6.07, 6.45) is 5.76. The first-order valence-corrected chi connectivity index (χ1v) is 5.97. The largest absolute Gasteiger partial charge is 0.316 e. The van der Waals surface area contributed by atoms with Crippen LogP contribution in [0.15, 0.2) is 18.5 Å². The standard InChI is InChI=1S/C12H15ClN2O/c13-11-8-15-5-3-9(11)6-12(16)10-2-1-4-14-7-10/h3,5,8,10,14H,1-2,4,6-7H2. The van der Waals surface area contributed by atoms with Gasteiger partial charge in [0.25, 0.3) is 0 Å². The van der Waals surface area contributed by atoms with Gasteiger partial charge in [0.15, 0.2) is 0 Å². The zero-order valence-electron chi connectivity index (χ0n) is 9.08. The summed E-state index contributed by atoms with van der Waals surface area (Å²) in [6.45, 7) is 1.83. The summed E-state index contributed by atoms with van der Waals surface area (Å²) < 4.78 is 0. The van der Waals surface area contributed by atoms with Crippen molar-refractivity contribution in [2.75, 3.05) is 13.1 Å². The van der Waals surface area contributed by atoms with Gasteiger partial charge in [-0.25, -0.2) is 0 Å². The molecule has 0 saturated carbocycles. The van der Waals surface area contributed by atoms with Crippen LogP contribution in [0.5, 0.6) is 0 Å². The fraction of sp³-hybridized carbons (Fsp3) is 0.500. The molecule has 1 fully saturated rings. The van der Waals surface area contributed by atoms with E-state index >= 15 is 0 Å². The van der Waals surface area contributed by atoms with Crippen molar-refractivity contribution in [1.82, 2.24) is 10.3 Å². The highest BCUT2D eigenvalue weighted by Gasteiger charge is 2.21. The zero-order valence-corrected chi connectivity index (χ0v) is 9.83. The number of nitrogens with zero attached hydrogens (tertiary/aromatic N) is 1. The van der Waals surface area contributed by atoms with Crippen LogP contribution in [0.25, 0.3) is 0 Å². The topological polar surface area (TPSA) is 42.0 Å². The molecule has 1 aliphatic heterocycles. The van der Waals surface area contributed by atoms with Crippen LogP contribution in [0.1, 0.15) is 18.4 Å². The Bertz CT molecular complexity index is 375. The van der Waals surface area contributed by atoms with E-state index in [2.05, 4.69) is 10.3 Å². The molecule has 1 aromatic heterocycles. The number of halogens is 1. The Kier molecular flexibility index (Phi) is 3.91. The number of carbonyl (C=O) groups is 1. The zero-order chi connectivity index (χ0) is 11.4. The van der Waals surface area contributed by atoms with Gasteiger partial charge in [0, 0.05) is 31.3 Å². The fourth-order valence-electron chi connectivity index (χ4n) is 2.01. The molecule has 0 aromatic carbocycles. The molecule has 1 aromatic rings. The first kappa shape index (κ1) is 11.6. The third-order valence-electron chi connectivity index (χ3n) is 2.97. The Labute approximate surface area is 100 Å². The molecule has 16 heavy (non-hydrogen) atoms. The average molecular weight is 239 g/mol. The van der Waals surface area contributed by atoms with Crippen molar-refractivity contribution in [2.24, 2.45) is 5.92 Å². The van der Waals surface area contributed by atoms with Gasteiger partial charge in [0.2, 0.25) is 0 Å². The molecular formula is C12H15ClN2O. The maximum atomic E-state index is 12.0. The molecule has 2 rings (SSSR count). The van der Waals surface area contributed by atoms with E-state index in [0.717, 1.165) is 31.5 Å². The molecule has 4 heteroatoms. The van der Waals surface area contributed by atoms with Gasteiger partial charge in [-0.05, 0) is 31.0 Å². The van der Waals surface area contributed by atoms with Crippen molar-refractivity contribution in [1.29, 1.82) is 0 Å². The van der Waals surface area contributed by atoms with E-state index in [-0.39, 0.29) is 11.7 Å². The van der Waals surface area contributed by atoms with E-state index in [4.69, 9.17) is 11.6 Å². The molecule has 0 aliphatic carbocycles. The molecule has 1 saturated heterocycles. The van der Waals surface area contributed by atoms with Gasteiger partial charge in [0.05, 0.1) is 5.02 Å². The van der Waals surface area contributed by atoms with Gasteiger partial charge in [-0.3, -0.25) is 9.78 Å². The minimum Gasteiger partial charge on any atom is -0.316 e. The lowest BCUT2D eigenvalue weighted by atomic mass is 9.91. The summed E-state index contributed by atoms with van der Waals surface area (Å²) >= 11 is 5.98. The molecule has 0 bridgehead atoms. The summed E-state index contributed by atoms with van der Waals surface area (Å²) in [5.41, 5.74) is 0.882. The highest BCUT2D eigenvalue weighted by atomic mass is 35.5. The second kappa shape index (κ2) is 5.41. The monoisotopic (exact) mass is 238 g/mol. The number of hydrogen-bond donors (Lipinski definition) is 1. The van der Waals surface area contributed by atoms with Crippen molar-refractivity contribution in [3.8, 4) is 0 Å². The predicted octanol–water partition coefficient (Wildman–Crippen LogP) is 1.85. The lowest BCUT2D eigenvalue weighted by Gasteiger charge is -2.21. The van der Waals surface area contributed by atoms with E-state index < -0.39 is 0 Å². The third kappa shape index (κ3) is 2.80. The summed E-state index contributed by atoms with van der Waals surface area (Å²) in [4.78, 5) is 15.9. The minimum atomic E-state index is 0.151. The predicted molar refractivity (Wildman–Crippen MR) is 63.6 cm³/mol. The van der Waals surface area contributed by atoms with Gasteiger partial charge in [-0.15, -0.1) is 0 Å². The van der Waals surface area contributed by atoms with Gasteiger partial charge in [-0.1, -0.05) is 11.6 Å². The van der Waals surface area contributed by atoms with Gasteiger partial charge >= 0.3 is 0 Å². The van der Waals surface area contributed by atoms with Crippen LogP contribution in [0, 0.1) is 5.92 Å². The van der Waals surface area contributed by atoms with E-state index in [0.29, 0.717) is 11.4 Å². The Balaban J connectivity index is 1.99. The maximum absolute atomic E-state index is 12.0. The Morgan fingerprint density at radius 3 is 3.19 bits per heavy atom. The lowest BCUT2D eigenvalue weighted by Crippen LogP contribution is -2.35. The number of Topliss-reactive ketones (excluding diaryl/α,β-unsaturated/α-hetero) is 1. The van der Waals surface area contributed by atoms with Gasteiger partial charge in [-0.2, -0.15) is 0 Å². The number of carbonyl (C=O) groups excluding carboxylic acids is 1. The smallest absolute Gasteiger partial charge is 0.141 e. The summed E-state index contributed by atoms with van der Waals surface area (Å²) in [7, 11) is 0. The maximum Gasteiger partial charge on any atom is 0.141 e. The second-order valence-electron chi connectivity index (χ2n) is 4.15. The molecule has 86 valence electrons. The van der Waals surface area contributed by atoms with Crippen molar-refractivity contribution in [3.05, 3.63) is 29.0 Å². The van der Waals surface area contributed by atoms with Crippen molar-refractivity contribution in [3.63, 3.8) is 0 Å². The molecule has 0 radical (unpaired) electrons.